The fraction of sp³-hybridized carbons (Fsp3) is 0.316. The molecule has 0 aliphatic heterocycles. The van der Waals surface area contributed by atoms with Gasteiger partial charge in [-0.3, -0.25) is 9.59 Å². The molecule has 0 radical (unpaired) electrons. The average molecular weight is 593 g/mol. The number of para-hydroxylation sites is 2. The van der Waals surface area contributed by atoms with Crippen molar-refractivity contribution in [3.05, 3.63) is 107 Å². The molecule has 0 unspecified atom stereocenters. The Kier molecular flexibility index (Phi) is 9.83. The third-order valence-corrected chi connectivity index (χ3v) is 7.44. The first-order valence-electron chi connectivity index (χ1n) is 15.0. The highest BCUT2D eigenvalue weighted by Crippen LogP contribution is 2.32. The molecule has 2 N–H and O–H groups in total. The van der Waals surface area contributed by atoms with Crippen LogP contribution in [0.3, 0.4) is 0 Å². The van der Waals surface area contributed by atoms with Gasteiger partial charge in [0.25, 0.3) is 11.8 Å². The van der Waals surface area contributed by atoms with E-state index >= 15 is 0 Å². The summed E-state index contributed by atoms with van der Waals surface area (Å²) in [5, 5.41) is 5.94. The second kappa shape index (κ2) is 13.4. The maximum absolute atomic E-state index is 12.7. The van der Waals surface area contributed by atoms with Gasteiger partial charge in [-0.25, -0.2) is 0 Å². The van der Waals surface area contributed by atoms with E-state index in [1.807, 2.05) is 98.8 Å². The molecule has 0 heterocycles. The molecule has 0 saturated carbocycles. The molecule has 0 aliphatic carbocycles. The van der Waals surface area contributed by atoms with Crippen LogP contribution >= 0.6 is 0 Å². The number of ether oxygens (including phenoxy) is 2. The lowest BCUT2D eigenvalue weighted by molar-refractivity contribution is -0.118. The number of rotatable bonds is 9. The maximum Gasteiger partial charge on any atom is 0.262 e. The van der Waals surface area contributed by atoms with Gasteiger partial charge < -0.3 is 20.1 Å². The Hall–Kier alpha value is -4.58. The number of carbonyl (C=O) groups excluding carboxylic acids is 2. The zero-order chi connectivity index (χ0) is 32.1. The third kappa shape index (κ3) is 8.28. The van der Waals surface area contributed by atoms with Crippen molar-refractivity contribution in [3.63, 3.8) is 0 Å². The fourth-order valence-corrected chi connectivity index (χ4v) is 5.05. The number of aryl methyl sites for hydroxylation is 2. The lowest BCUT2D eigenvalue weighted by atomic mass is 9.86. The van der Waals surface area contributed by atoms with E-state index in [0.29, 0.717) is 0 Å². The van der Waals surface area contributed by atoms with Gasteiger partial charge >= 0.3 is 0 Å². The highest BCUT2D eigenvalue weighted by Gasteiger charge is 2.20. The summed E-state index contributed by atoms with van der Waals surface area (Å²) in [6, 6.07) is 27.5. The van der Waals surface area contributed by atoms with Gasteiger partial charge in [-0.2, -0.15) is 0 Å². The second-order valence-electron chi connectivity index (χ2n) is 13.2. The molecule has 4 rings (SSSR count). The number of benzene rings is 4. The second-order valence-corrected chi connectivity index (χ2v) is 13.2. The molecule has 0 aromatic heterocycles. The van der Waals surface area contributed by atoms with Gasteiger partial charge in [0.15, 0.2) is 13.2 Å². The first-order chi connectivity index (χ1) is 20.7. The molecule has 0 bridgehead atoms. The molecular formula is C38H44N2O4. The van der Waals surface area contributed by atoms with Gasteiger partial charge in [0, 0.05) is 11.4 Å². The van der Waals surface area contributed by atoms with E-state index in [1.54, 1.807) is 0 Å². The summed E-state index contributed by atoms with van der Waals surface area (Å²) >= 11 is 0. The minimum atomic E-state index is -0.216. The maximum atomic E-state index is 12.7. The van der Waals surface area contributed by atoms with Crippen molar-refractivity contribution in [2.45, 2.75) is 66.2 Å². The van der Waals surface area contributed by atoms with E-state index in [1.165, 1.54) is 0 Å². The predicted octanol–water partition coefficient (Wildman–Crippen LogP) is 8.60. The lowest BCUT2D eigenvalue weighted by Gasteiger charge is -2.22. The fourth-order valence-electron chi connectivity index (χ4n) is 5.05. The van der Waals surface area contributed by atoms with Crippen LogP contribution in [0.4, 0.5) is 11.4 Å². The number of amides is 2. The van der Waals surface area contributed by atoms with Crippen molar-refractivity contribution in [2.24, 2.45) is 0 Å². The molecule has 4 aromatic rings. The summed E-state index contributed by atoms with van der Waals surface area (Å²) in [4.78, 5) is 25.5. The van der Waals surface area contributed by atoms with Crippen molar-refractivity contribution in [3.8, 4) is 22.6 Å². The van der Waals surface area contributed by atoms with Crippen molar-refractivity contribution in [1.29, 1.82) is 0 Å². The van der Waals surface area contributed by atoms with Gasteiger partial charge in [0.05, 0.1) is 0 Å². The molecule has 0 aliphatic rings. The Morgan fingerprint density at radius 3 is 1.27 bits per heavy atom. The number of carbonyl (C=O) groups is 2. The predicted molar refractivity (Wildman–Crippen MR) is 180 cm³/mol. The highest BCUT2D eigenvalue weighted by molar-refractivity contribution is 5.94. The van der Waals surface area contributed by atoms with Gasteiger partial charge in [-0.15, -0.1) is 0 Å². The van der Waals surface area contributed by atoms with E-state index in [0.717, 1.165) is 56.3 Å². The molecule has 0 atom stereocenters. The van der Waals surface area contributed by atoms with Crippen LogP contribution in [0.5, 0.6) is 11.5 Å². The Morgan fingerprint density at radius 2 is 0.932 bits per heavy atom. The average Bonchev–Trinajstić information content (AvgIpc) is 2.96. The molecule has 0 fully saturated rings. The summed E-state index contributed by atoms with van der Waals surface area (Å²) in [7, 11) is 0. The van der Waals surface area contributed by atoms with E-state index in [9.17, 15) is 9.59 Å². The number of anilines is 2. The van der Waals surface area contributed by atoms with Crippen molar-refractivity contribution in [1.82, 2.24) is 0 Å². The SMILES string of the molecule is Cc1cc(-c2ccc(NC(=O)COc3ccccc3C(C)(C)C)c(C)c2)ccc1NC(=O)COc1ccccc1C(C)(C)C. The van der Waals surface area contributed by atoms with E-state index < -0.39 is 0 Å². The zero-order valence-electron chi connectivity index (χ0n) is 27.1. The molecule has 0 saturated heterocycles. The zero-order valence-corrected chi connectivity index (χ0v) is 27.1. The summed E-state index contributed by atoms with van der Waals surface area (Å²) in [6.45, 7) is 16.5. The van der Waals surface area contributed by atoms with Crippen molar-refractivity contribution >= 4 is 23.2 Å². The summed E-state index contributed by atoms with van der Waals surface area (Å²) in [6.07, 6.45) is 0. The monoisotopic (exact) mass is 592 g/mol. The van der Waals surface area contributed by atoms with E-state index in [4.69, 9.17) is 9.47 Å². The Morgan fingerprint density at radius 1 is 0.568 bits per heavy atom. The van der Waals surface area contributed by atoms with Crippen LogP contribution in [-0.2, 0) is 20.4 Å². The smallest absolute Gasteiger partial charge is 0.262 e. The Bertz CT molecular complexity index is 1520. The molecule has 0 spiro atoms. The Labute approximate surface area is 261 Å². The molecule has 2 amide bonds. The molecular weight excluding hydrogens is 548 g/mol. The van der Waals surface area contributed by atoms with Crippen LogP contribution in [0, 0.1) is 13.8 Å². The largest absolute Gasteiger partial charge is 0.483 e. The minimum Gasteiger partial charge on any atom is -0.483 e. The van der Waals surface area contributed by atoms with Crippen LogP contribution in [0.25, 0.3) is 11.1 Å². The number of hydrogen-bond donors (Lipinski definition) is 2. The van der Waals surface area contributed by atoms with Gasteiger partial charge in [0.1, 0.15) is 11.5 Å². The van der Waals surface area contributed by atoms with E-state index in [2.05, 4.69) is 52.2 Å². The highest BCUT2D eigenvalue weighted by atomic mass is 16.5. The third-order valence-electron chi connectivity index (χ3n) is 7.44. The van der Waals surface area contributed by atoms with E-state index in [-0.39, 0.29) is 35.9 Å². The van der Waals surface area contributed by atoms with Crippen LogP contribution in [-0.4, -0.2) is 25.0 Å². The van der Waals surface area contributed by atoms with Crippen LogP contribution < -0.4 is 20.1 Å². The molecule has 230 valence electrons. The first kappa shape index (κ1) is 32.3. The molecule has 44 heavy (non-hydrogen) atoms. The summed E-state index contributed by atoms with van der Waals surface area (Å²) in [5.41, 5.74) is 7.32. The van der Waals surface area contributed by atoms with Crippen LogP contribution in [0.15, 0.2) is 84.9 Å². The quantitative estimate of drug-likeness (QED) is 0.204. The molecule has 4 aromatic carbocycles. The Balaban J connectivity index is 1.36. The van der Waals surface area contributed by atoms with Gasteiger partial charge in [-0.1, -0.05) is 90.1 Å². The van der Waals surface area contributed by atoms with Crippen LogP contribution in [0.1, 0.15) is 63.8 Å². The van der Waals surface area contributed by atoms with Crippen LogP contribution in [0.2, 0.25) is 0 Å². The molecule has 6 heteroatoms. The number of nitrogens with one attached hydrogen (secondary N) is 2. The lowest BCUT2D eigenvalue weighted by Crippen LogP contribution is -2.22. The summed E-state index contributed by atoms with van der Waals surface area (Å²) < 4.78 is 11.8. The standard InChI is InChI=1S/C38H44N2O4/c1-25-21-27(17-19-31(25)39-35(41)23-43-33-15-11-9-13-29(33)37(3,4)5)28-18-20-32(26(2)22-28)40-36(42)24-44-34-16-12-10-14-30(34)38(6,7)8/h9-22H,23-24H2,1-8H3,(H,39,41)(H,40,42). The van der Waals surface area contributed by atoms with Crippen molar-refractivity contribution in [2.75, 3.05) is 23.8 Å². The minimum absolute atomic E-state index is 0.0746. The topological polar surface area (TPSA) is 76.7 Å². The summed E-state index contributed by atoms with van der Waals surface area (Å²) in [5.74, 6) is 1.00. The van der Waals surface area contributed by atoms with Gasteiger partial charge in [0.2, 0.25) is 0 Å². The normalized spacial score (nSPS) is 11.5. The molecule has 6 nitrogen and oxygen atoms in total. The van der Waals surface area contributed by atoms with Crippen molar-refractivity contribution < 1.29 is 19.1 Å². The van der Waals surface area contributed by atoms with Gasteiger partial charge in [-0.05, 0) is 94.5 Å². The first-order valence-corrected chi connectivity index (χ1v) is 15.0. The number of hydrogen-bond acceptors (Lipinski definition) is 4.